The van der Waals surface area contributed by atoms with Gasteiger partial charge in [-0.3, -0.25) is 0 Å². The number of nitrogens with zero attached hydrogens (tertiary/aromatic N) is 1. The van der Waals surface area contributed by atoms with Gasteiger partial charge in [-0.2, -0.15) is 10.4 Å². The normalized spacial score (nSPS) is 26.0. The summed E-state index contributed by atoms with van der Waals surface area (Å²) >= 11 is 0. The Morgan fingerprint density at radius 3 is 2.29 bits per heavy atom. The van der Waals surface area contributed by atoms with Crippen molar-refractivity contribution >= 4 is 21.8 Å². The topological polar surface area (TPSA) is 40.5 Å². The average molecular weight is 138 g/mol. The van der Waals surface area contributed by atoms with Gasteiger partial charge in [0, 0.05) is 20.4 Å². The molecule has 0 spiro atoms. The zero-order chi connectivity index (χ0) is 5.33. The number of hydrogen-bond donors (Lipinski definition) is 2. The SMILES string of the molecule is O[N+]1(O)C=CSS1. The summed E-state index contributed by atoms with van der Waals surface area (Å²) in [5.74, 6) is 0. The first kappa shape index (κ1) is 5.46. The molecule has 40 valence electrons. The molecule has 1 rings (SSSR count). The van der Waals surface area contributed by atoms with E-state index in [1.807, 2.05) is 0 Å². The Labute approximate surface area is 48.7 Å². The molecule has 7 heavy (non-hydrogen) atoms. The van der Waals surface area contributed by atoms with Crippen LogP contribution >= 0.6 is 21.8 Å². The molecule has 0 bridgehead atoms. The molecule has 0 aromatic heterocycles. The van der Waals surface area contributed by atoms with Crippen molar-refractivity contribution in [2.45, 2.75) is 0 Å². The summed E-state index contributed by atoms with van der Waals surface area (Å²) in [5, 5.41) is 18.7. The summed E-state index contributed by atoms with van der Waals surface area (Å²) < 4.78 is -1.05. The van der Waals surface area contributed by atoms with Gasteiger partial charge < -0.3 is 0 Å². The van der Waals surface area contributed by atoms with Gasteiger partial charge in [-0.15, -0.1) is 0 Å². The van der Waals surface area contributed by atoms with E-state index in [0.717, 1.165) is 11.0 Å². The first-order chi connectivity index (χ1) is 3.21. The molecule has 0 radical (unpaired) electrons. The fraction of sp³-hybridized carbons (Fsp3) is 0. The summed E-state index contributed by atoms with van der Waals surface area (Å²) in [6.45, 7) is 0. The molecule has 0 saturated carbocycles. The summed E-state index contributed by atoms with van der Waals surface area (Å²) in [7, 11) is 2.24. The van der Waals surface area contributed by atoms with Crippen LogP contribution in [0.25, 0.3) is 0 Å². The Morgan fingerprint density at radius 1 is 1.43 bits per heavy atom. The predicted octanol–water partition coefficient (Wildman–Crippen LogP) is 1.36. The van der Waals surface area contributed by atoms with E-state index in [0.29, 0.717) is 0 Å². The minimum absolute atomic E-state index is 0.954. The lowest BCUT2D eigenvalue weighted by Gasteiger charge is -2.03. The lowest BCUT2D eigenvalue weighted by molar-refractivity contribution is -1.11. The van der Waals surface area contributed by atoms with Crippen LogP contribution in [0.2, 0.25) is 0 Å². The predicted molar refractivity (Wildman–Crippen MR) is 28.2 cm³/mol. The van der Waals surface area contributed by atoms with Gasteiger partial charge in [-0.1, -0.05) is 0 Å². The largest absolute Gasteiger partial charge is 0.230 e. The van der Waals surface area contributed by atoms with Crippen molar-refractivity contribution in [2.24, 2.45) is 0 Å². The second-order valence-electron chi connectivity index (χ2n) is 1.05. The van der Waals surface area contributed by atoms with Crippen LogP contribution in [0.1, 0.15) is 0 Å². The molecular weight excluding hydrogens is 134 g/mol. The van der Waals surface area contributed by atoms with Gasteiger partial charge in [0.15, 0.2) is 6.20 Å². The van der Waals surface area contributed by atoms with Crippen LogP contribution in [0.15, 0.2) is 11.6 Å². The molecular formula is C2H4NO2S2+. The van der Waals surface area contributed by atoms with Crippen molar-refractivity contribution in [3.63, 3.8) is 0 Å². The van der Waals surface area contributed by atoms with Crippen molar-refractivity contribution in [2.75, 3.05) is 0 Å². The van der Waals surface area contributed by atoms with E-state index in [1.165, 1.54) is 17.0 Å². The Bertz CT molecular complexity index is 102. The third-order valence-corrected chi connectivity index (χ3v) is 2.37. The third kappa shape index (κ3) is 1.36. The van der Waals surface area contributed by atoms with Crippen molar-refractivity contribution in [3.8, 4) is 0 Å². The van der Waals surface area contributed by atoms with Crippen molar-refractivity contribution < 1.29 is 14.6 Å². The van der Waals surface area contributed by atoms with Crippen LogP contribution in [-0.4, -0.2) is 14.6 Å². The average Bonchev–Trinajstić information content (AvgIpc) is 1.84. The van der Waals surface area contributed by atoms with Gasteiger partial charge in [-0.05, 0) is 0 Å². The zero-order valence-electron chi connectivity index (χ0n) is 3.31. The highest BCUT2D eigenvalue weighted by atomic mass is 33.1. The van der Waals surface area contributed by atoms with Gasteiger partial charge in [0.1, 0.15) is 0 Å². The summed E-state index contributed by atoms with van der Waals surface area (Å²) in [6.07, 6.45) is 1.27. The van der Waals surface area contributed by atoms with E-state index in [-0.39, 0.29) is 0 Å². The maximum atomic E-state index is 8.54. The Hall–Kier alpha value is 0.320. The van der Waals surface area contributed by atoms with Crippen LogP contribution in [-0.2, 0) is 0 Å². The molecule has 0 aromatic carbocycles. The number of hydroxylamine groups is 2. The molecule has 1 aliphatic heterocycles. The second kappa shape index (κ2) is 1.68. The van der Waals surface area contributed by atoms with Crippen molar-refractivity contribution in [3.05, 3.63) is 11.6 Å². The van der Waals surface area contributed by atoms with Crippen LogP contribution in [0.4, 0.5) is 0 Å². The maximum Gasteiger partial charge on any atom is 0.230 e. The van der Waals surface area contributed by atoms with Crippen LogP contribution in [0.3, 0.4) is 0 Å². The van der Waals surface area contributed by atoms with Crippen LogP contribution in [0.5, 0.6) is 0 Å². The lowest BCUT2D eigenvalue weighted by Crippen LogP contribution is -2.21. The lowest BCUT2D eigenvalue weighted by atomic mass is 11.1. The highest BCUT2D eigenvalue weighted by Crippen LogP contribution is 2.37. The van der Waals surface area contributed by atoms with Gasteiger partial charge >= 0.3 is 0 Å². The molecule has 0 atom stereocenters. The minimum atomic E-state index is -1.05. The molecule has 0 unspecified atom stereocenters. The molecule has 3 nitrogen and oxygen atoms in total. The molecule has 1 heterocycles. The summed E-state index contributed by atoms with van der Waals surface area (Å²) in [5.41, 5.74) is 0. The molecule has 5 heteroatoms. The Balaban J connectivity index is 2.57. The molecule has 0 fully saturated rings. The van der Waals surface area contributed by atoms with E-state index in [1.54, 1.807) is 5.41 Å². The van der Waals surface area contributed by atoms with Crippen molar-refractivity contribution in [1.82, 2.24) is 0 Å². The maximum absolute atomic E-state index is 8.54. The number of quaternary nitrogens is 1. The monoisotopic (exact) mass is 138 g/mol. The first-order valence-electron chi connectivity index (χ1n) is 1.58. The highest BCUT2D eigenvalue weighted by Gasteiger charge is 2.26. The molecule has 1 aliphatic rings. The standard InChI is InChI=1S/C2H4NO2S2/c4-3(5)1-2-6-7-3/h1-2,4-5H/q+1. The number of rotatable bonds is 0. The van der Waals surface area contributed by atoms with Gasteiger partial charge in [0.2, 0.25) is 11.0 Å². The van der Waals surface area contributed by atoms with E-state index < -0.39 is 4.21 Å². The minimum Gasteiger partial charge on any atom is -0.163 e. The van der Waals surface area contributed by atoms with Gasteiger partial charge in [0.05, 0.1) is 0 Å². The number of hydrogen-bond acceptors (Lipinski definition) is 4. The first-order valence-corrected chi connectivity index (χ1v) is 3.75. The highest BCUT2D eigenvalue weighted by molar-refractivity contribution is 8.75. The quantitative estimate of drug-likeness (QED) is 0.301. The zero-order valence-corrected chi connectivity index (χ0v) is 4.95. The summed E-state index contributed by atoms with van der Waals surface area (Å²) in [4.78, 5) is 0. The van der Waals surface area contributed by atoms with E-state index >= 15 is 0 Å². The van der Waals surface area contributed by atoms with E-state index in [2.05, 4.69) is 0 Å². The Kier molecular flexibility index (Phi) is 1.31. The molecule has 0 aliphatic carbocycles. The van der Waals surface area contributed by atoms with Gasteiger partial charge in [-0.25, -0.2) is 0 Å². The fourth-order valence-corrected chi connectivity index (χ4v) is 1.63. The van der Waals surface area contributed by atoms with E-state index in [9.17, 15) is 0 Å². The fourth-order valence-electron chi connectivity index (χ4n) is 0.217. The van der Waals surface area contributed by atoms with E-state index in [4.69, 9.17) is 10.4 Å². The summed E-state index contributed by atoms with van der Waals surface area (Å²) in [6, 6.07) is 0. The van der Waals surface area contributed by atoms with Gasteiger partial charge in [0.25, 0.3) is 0 Å². The smallest absolute Gasteiger partial charge is 0.163 e. The molecule has 0 aromatic rings. The third-order valence-electron chi connectivity index (χ3n) is 0.463. The van der Waals surface area contributed by atoms with Crippen molar-refractivity contribution in [1.29, 1.82) is 0 Å². The molecule has 0 amide bonds. The van der Waals surface area contributed by atoms with Crippen LogP contribution < -0.4 is 0 Å². The Morgan fingerprint density at radius 2 is 2.14 bits per heavy atom. The second-order valence-corrected chi connectivity index (χ2v) is 3.22. The van der Waals surface area contributed by atoms with Crippen LogP contribution in [0, 0.1) is 0 Å². The molecule has 0 saturated heterocycles. The molecule has 2 N–H and O–H groups in total.